The van der Waals surface area contributed by atoms with Crippen LogP contribution in [-0.2, 0) is 20.9 Å². The highest BCUT2D eigenvalue weighted by atomic mass is 16.6. The molecule has 0 radical (unpaired) electrons. The zero-order chi connectivity index (χ0) is 15.4. The molecule has 0 spiro atoms. The number of likely N-dealkylation sites (tertiary alicyclic amines) is 1. The number of carbonyl (C=O) groups excluding carboxylic acids is 3. The van der Waals surface area contributed by atoms with Gasteiger partial charge in [0.25, 0.3) is 0 Å². The summed E-state index contributed by atoms with van der Waals surface area (Å²) in [4.78, 5) is 38.2. The summed E-state index contributed by atoms with van der Waals surface area (Å²) in [6.07, 6.45) is -0.581. The van der Waals surface area contributed by atoms with Gasteiger partial charge >= 0.3 is 6.09 Å². The van der Waals surface area contributed by atoms with Gasteiger partial charge in [-0.2, -0.15) is 0 Å². The van der Waals surface area contributed by atoms with E-state index in [1.54, 1.807) is 14.1 Å². The number of likely N-dealkylation sites (N-methyl/N-ethyl adjacent to an activating group) is 1. The second-order valence-electron chi connectivity index (χ2n) is 5.16. The lowest BCUT2D eigenvalue weighted by Crippen LogP contribution is -2.45. The van der Waals surface area contributed by atoms with Crippen LogP contribution in [0.1, 0.15) is 12.0 Å². The molecule has 0 bridgehead atoms. The quantitative estimate of drug-likeness (QED) is 0.834. The molecular formula is C15H18N2O4. The van der Waals surface area contributed by atoms with E-state index in [1.165, 1.54) is 9.80 Å². The third-order valence-electron chi connectivity index (χ3n) is 3.31. The van der Waals surface area contributed by atoms with Crippen molar-refractivity contribution < 1.29 is 19.1 Å². The molecular weight excluding hydrogens is 272 g/mol. The Morgan fingerprint density at radius 2 is 1.95 bits per heavy atom. The van der Waals surface area contributed by atoms with Gasteiger partial charge in [-0.3, -0.25) is 14.5 Å². The molecule has 0 N–H and O–H groups in total. The van der Waals surface area contributed by atoms with E-state index in [2.05, 4.69) is 0 Å². The van der Waals surface area contributed by atoms with Gasteiger partial charge in [0, 0.05) is 20.5 Å². The van der Waals surface area contributed by atoms with Gasteiger partial charge in [0.1, 0.15) is 12.6 Å². The molecule has 1 atom stereocenters. The Morgan fingerprint density at radius 1 is 1.29 bits per heavy atom. The number of hydrogen-bond acceptors (Lipinski definition) is 4. The predicted molar refractivity (Wildman–Crippen MR) is 75.4 cm³/mol. The lowest BCUT2D eigenvalue weighted by Gasteiger charge is -2.24. The zero-order valence-electron chi connectivity index (χ0n) is 12.1. The maximum atomic E-state index is 12.1. The van der Waals surface area contributed by atoms with E-state index in [4.69, 9.17) is 4.74 Å². The molecule has 1 aliphatic rings. The topological polar surface area (TPSA) is 66.9 Å². The van der Waals surface area contributed by atoms with Crippen molar-refractivity contribution in [2.24, 2.45) is 0 Å². The van der Waals surface area contributed by atoms with Crippen molar-refractivity contribution >= 4 is 17.8 Å². The normalized spacial score (nSPS) is 17.7. The highest BCUT2D eigenvalue weighted by molar-refractivity contribution is 5.97. The third-order valence-corrected chi connectivity index (χ3v) is 3.31. The largest absolute Gasteiger partial charge is 0.445 e. The average molecular weight is 290 g/mol. The molecule has 0 unspecified atom stereocenters. The van der Waals surface area contributed by atoms with E-state index < -0.39 is 12.1 Å². The smallest absolute Gasteiger partial charge is 0.411 e. The SMILES string of the molecule is CN(C)C(=O)[C@@H]1CC(=O)CN1C(=O)OCc1ccccc1. The first-order valence-electron chi connectivity index (χ1n) is 6.69. The standard InChI is InChI=1S/C15H18N2O4/c1-16(2)14(19)13-8-12(18)9-17(13)15(20)21-10-11-6-4-3-5-7-11/h3-7,13H,8-10H2,1-2H3/t13-/m0/s1. The Morgan fingerprint density at radius 3 is 2.57 bits per heavy atom. The predicted octanol–water partition coefficient (Wildman–Crippen LogP) is 1.05. The lowest BCUT2D eigenvalue weighted by molar-refractivity contribution is -0.133. The summed E-state index contributed by atoms with van der Waals surface area (Å²) in [7, 11) is 3.19. The minimum atomic E-state index is -0.754. The number of benzene rings is 1. The third kappa shape index (κ3) is 3.59. The molecule has 0 aromatic heterocycles. The molecule has 0 saturated carbocycles. The van der Waals surface area contributed by atoms with Gasteiger partial charge < -0.3 is 9.64 Å². The molecule has 6 nitrogen and oxygen atoms in total. The van der Waals surface area contributed by atoms with Gasteiger partial charge in [-0.1, -0.05) is 30.3 Å². The number of carbonyl (C=O) groups is 3. The Labute approximate surface area is 123 Å². The minimum Gasteiger partial charge on any atom is -0.445 e. The monoisotopic (exact) mass is 290 g/mol. The highest BCUT2D eigenvalue weighted by Crippen LogP contribution is 2.18. The zero-order valence-corrected chi connectivity index (χ0v) is 12.1. The second-order valence-corrected chi connectivity index (χ2v) is 5.16. The van der Waals surface area contributed by atoms with Crippen molar-refractivity contribution in [2.45, 2.75) is 19.1 Å². The molecule has 21 heavy (non-hydrogen) atoms. The van der Waals surface area contributed by atoms with Gasteiger partial charge in [0.15, 0.2) is 5.78 Å². The Bertz CT molecular complexity index is 542. The van der Waals surface area contributed by atoms with Crippen molar-refractivity contribution in [1.29, 1.82) is 0 Å². The van der Waals surface area contributed by atoms with Crippen LogP contribution in [0.4, 0.5) is 4.79 Å². The second kappa shape index (κ2) is 6.39. The molecule has 1 aromatic rings. The summed E-state index contributed by atoms with van der Waals surface area (Å²) in [5.41, 5.74) is 0.854. The van der Waals surface area contributed by atoms with Crippen LogP contribution in [-0.4, -0.2) is 54.3 Å². The summed E-state index contributed by atoms with van der Waals surface area (Å²) < 4.78 is 5.18. The maximum Gasteiger partial charge on any atom is 0.411 e. The Balaban J connectivity index is 2.00. The van der Waals surface area contributed by atoms with Crippen LogP contribution in [0.25, 0.3) is 0 Å². The van der Waals surface area contributed by atoms with E-state index in [0.29, 0.717) is 0 Å². The number of nitrogens with zero attached hydrogens (tertiary/aromatic N) is 2. The molecule has 6 heteroatoms. The summed E-state index contributed by atoms with van der Waals surface area (Å²) in [5, 5.41) is 0. The number of Topliss-reactive ketones (excluding diaryl/α,β-unsaturated/α-hetero) is 1. The van der Waals surface area contributed by atoms with Crippen molar-refractivity contribution in [1.82, 2.24) is 9.80 Å². The summed E-state index contributed by atoms with van der Waals surface area (Å²) in [5.74, 6) is -0.399. The first kappa shape index (κ1) is 15.0. The number of ether oxygens (including phenoxy) is 1. The fourth-order valence-electron chi connectivity index (χ4n) is 2.20. The van der Waals surface area contributed by atoms with Crippen molar-refractivity contribution in [3.63, 3.8) is 0 Å². The molecule has 1 aliphatic heterocycles. The molecule has 112 valence electrons. The van der Waals surface area contributed by atoms with Crippen LogP contribution < -0.4 is 0 Å². The van der Waals surface area contributed by atoms with Crippen molar-refractivity contribution in [2.75, 3.05) is 20.6 Å². The van der Waals surface area contributed by atoms with E-state index in [-0.39, 0.29) is 31.3 Å². The summed E-state index contributed by atoms with van der Waals surface area (Å²) in [6.45, 7) is 0.0467. The number of amides is 2. The number of ketones is 1. The molecule has 1 fully saturated rings. The molecule has 1 saturated heterocycles. The average Bonchev–Trinajstić information content (AvgIpc) is 2.87. The molecule has 1 heterocycles. The lowest BCUT2D eigenvalue weighted by atomic mass is 10.2. The van der Waals surface area contributed by atoms with Crippen molar-refractivity contribution in [3.05, 3.63) is 35.9 Å². The van der Waals surface area contributed by atoms with Crippen LogP contribution in [0.2, 0.25) is 0 Å². The van der Waals surface area contributed by atoms with Crippen molar-refractivity contribution in [3.8, 4) is 0 Å². The maximum absolute atomic E-state index is 12.1. The van der Waals surface area contributed by atoms with Crippen LogP contribution in [0.5, 0.6) is 0 Å². The fourth-order valence-corrected chi connectivity index (χ4v) is 2.20. The van der Waals surface area contributed by atoms with Crippen LogP contribution >= 0.6 is 0 Å². The molecule has 1 aromatic carbocycles. The highest BCUT2D eigenvalue weighted by Gasteiger charge is 2.40. The first-order valence-corrected chi connectivity index (χ1v) is 6.69. The van der Waals surface area contributed by atoms with E-state index in [0.717, 1.165) is 5.56 Å². The van der Waals surface area contributed by atoms with Gasteiger partial charge in [-0.05, 0) is 5.56 Å². The van der Waals surface area contributed by atoms with Gasteiger partial charge in [-0.25, -0.2) is 4.79 Å². The Kier molecular flexibility index (Phi) is 4.57. The van der Waals surface area contributed by atoms with E-state index >= 15 is 0 Å². The minimum absolute atomic E-state index is 0.0530. The molecule has 0 aliphatic carbocycles. The van der Waals surface area contributed by atoms with Crippen LogP contribution in [0.3, 0.4) is 0 Å². The van der Waals surface area contributed by atoms with Gasteiger partial charge in [0.2, 0.25) is 5.91 Å². The molecule has 2 amide bonds. The van der Waals surface area contributed by atoms with Gasteiger partial charge in [0.05, 0.1) is 6.54 Å². The van der Waals surface area contributed by atoms with E-state index in [9.17, 15) is 14.4 Å². The first-order chi connectivity index (χ1) is 9.99. The summed E-state index contributed by atoms with van der Waals surface area (Å²) in [6, 6.07) is 8.49. The van der Waals surface area contributed by atoms with Gasteiger partial charge in [-0.15, -0.1) is 0 Å². The van der Waals surface area contributed by atoms with Crippen LogP contribution in [0.15, 0.2) is 30.3 Å². The Hall–Kier alpha value is -2.37. The van der Waals surface area contributed by atoms with E-state index in [1.807, 2.05) is 30.3 Å². The fraction of sp³-hybridized carbons (Fsp3) is 0.400. The van der Waals surface area contributed by atoms with Crippen LogP contribution in [0, 0.1) is 0 Å². The number of hydrogen-bond donors (Lipinski definition) is 0. The molecule has 2 rings (SSSR count). The number of rotatable bonds is 3. The summed E-state index contributed by atoms with van der Waals surface area (Å²) >= 11 is 0.